The molecule has 0 aliphatic heterocycles. The molecule has 1 nitrogen and oxygen atoms in total. The van der Waals surface area contributed by atoms with Gasteiger partial charge in [-0.05, 0) is 67.1 Å². The molecule has 3 fully saturated rings. The first-order valence-corrected chi connectivity index (χ1v) is 8.89. The first-order valence-electron chi connectivity index (χ1n) is 8.89. The Morgan fingerprint density at radius 1 is 1.10 bits per heavy atom. The van der Waals surface area contributed by atoms with Crippen LogP contribution < -0.4 is 0 Å². The Morgan fingerprint density at radius 2 is 1.85 bits per heavy atom. The largest absolute Gasteiger partial charge is 0.389 e. The molecule has 3 saturated carbocycles. The number of rotatable bonds is 4. The second-order valence-corrected chi connectivity index (χ2v) is 8.24. The predicted octanol–water partition coefficient (Wildman–Crippen LogP) is 4.80. The quantitative estimate of drug-likeness (QED) is 0.731. The Labute approximate surface area is 124 Å². The van der Waals surface area contributed by atoms with Crippen LogP contribution in [-0.2, 0) is 0 Å². The zero-order chi connectivity index (χ0) is 14.3. The van der Waals surface area contributed by atoms with Gasteiger partial charge < -0.3 is 5.11 Å². The topological polar surface area (TPSA) is 20.2 Å². The van der Waals surface area contributed by atoms with E-state index < -0.39 is 0 Å². The summed E-state index contributed by atoms with van der Waals surface area (Å²) in [5, 5.41) is 10.0. The average Bonchev–Trinajstić information content (AvgIpc) is 3.18. The highest BCUT2D eigenvalue weighted by Gasteiger charge is 2.50. The van der Waals surface area contributed by atoms with Crippen LogP contribution in [0, 0.1) is 35.0 Å². The average molecular weight is 276 g/mol. The van der Waals surface area contributed by atoms with E-state index in [0.29, 0.717) is 17.3 Å². The van der Waals surface area contributed by atoms with E-state index >= 15 is 0 Å². The van der Waals surface area contributed by atoms with Crippen LogP contribution in [0.3, 0.4) is 0 Å². The summed E-state index contributed by atoms with van der Waals surface area (Å²) in [6.07, 6.45) is 13.8. The molecule has 0 spiro atoms. The van der Waals surface area contributed by atoms with E-state index in [2.05, 4.69) is 32.9 Å². The van der Waals surface area contributed by atoms with Crippen molar-refractivity contribution in [3.05, 3.63) is 12.2 Å². The van der Waals surface area contributed by atoms with Gasteiger partial charge in [-0.1, -0.05) is 45.8 Å². The van der Waals surface area contributed by atoms with Gasteiger partial charge >= 0.3 is 0 Å². The highest BCUT2D eigenvalue weighted by Crippen LogP contribution is 2.59. The molecule has 3 rings (SSSR count). The SMILES string of the molecule is CC1CCC[C@@]2(C)[C@H]1CC[C@H]2[C@H](C)/C=C/[C@@H](O)C1CC1. The van der Waals surface area contributed by atoms with E-state index in [1.807, 2.05) is 0 Å². The molecule has 0 aromatic heterocycles. The third-order valence-corrected chi connectivity index (χ3v) is 6.90. The highest BCUT2D eigenvalue weighted by molar-refractivity contribution is 5.06. The second kappa shape index (κ2) is 5.48. The smallest absolute Gasteiger partial charge is 0.0749 e. The fraction of sp³-hybridized carbons (Fsp3) is 0.895. The van der Waals surface area contributed by atoms with Gasteiger partial charge in [0.15, 0.2) is 0 Å². The normalized spacial score (nSPS) is 44.5. The van der Waals surface area contributed by atoms with Crippen LogP contribution in [0.5, 0.6) is 0 Å². The third kappa shape index (κ3) is 2.58. The van der Waals surface area contributed by atoms with E-state index in [1.54, 1.807) is 0 Å². The summed E-state index contributed by atoms with van der Waals surface area (Å²) in [7, 11) is 0. The van der Waals surface area contributed by atoms with Crippen LogP contribution in [0.2, 0.25) is 0 Å². The molecular weight excluding hydrogens is 244 g/mol. The van der Waals surface area contributed by atoms with Gasteiger partial charge in [-0.25, -0.2) is 0 Å². The van der Waals surface area contributed by atoms with Gasteiger partial charge in [-0.2, -0.15) is 0 Å². The lowest BCUT2D eigenvalue weighted by Gasteiger charge is -2.45. The summed E-state index contributed by atoms with van der Waals surface area (Å²) in [6, 6.07) is 0. The van der Waals surface area contributed by atoms with Gasteiger partial charge in [-0.3, -0.25) is 0 Å². The number of fused-ring (bicyclic) bond motifs is 1. The Morgan fingerprint density at radius 3 is 2.55 bits per heavy atom. The van der Waals surface area contributed by atoms with Crippen LogP contribution >= 0.6 is 0 Å². The van der Waals surface area contributed by atoms with Crippen LogP contribution in [0.15, 0.2) is 12.2 Å². The molecule has 0 aromatic rings. The van der Waals surface area contributed by atoms with E-state index in [1.165, 1.54) is 44.9 Å². The first kappa shape index (κ1) is 14.6. The van der Waals surface area contributed by atoms with Crippen LogP contribution in [0.25, 0.3) is 0 Å². The Balaban J connectivity index is 1.66. The maximum atomic E-state index is 10.0. The maximum absolute atomic E-state index is 10.0. The lowest BCUT2D eigenvalue weighted by molar-refractivity contribution is 0.0451. The van der Waals surface area contributed by atoms with Crippen molar-refractivity contribution in [2.45, 2.75) is 71.8 Å². The Bertz CT molecular complexity index is 370. The molecule has 0 bridgehead atoms. The molecule has 20 heavy (non-hydrogen) atoms. The molecule has 0 heterocycles. The zero-order valence-corrected chi connectivity index (χ0v) is 13.5. The molecule has 1 N–H and O–H groups in total. The molecule has 1 heteroatoms. The summed E-state index contributed by atoms with van der Waals surface area (Å²) in [6.45, 7) is 7.42. The fourth-order valence-corrected chi connectivity index (χ4v) is 5.49. The van der Waals surface area contributed by atoms with Crippen molar-refractivity contribution in [1.29, 1.82) is 0 Å². The van der Waals surface area contributed by atoms with E-state index in [9.17, 15) is 5.11 Å². The minimum Gasteiger partial charge on any atom is -0.389 e. The monoisotopic (exact) mass is 276 g/mol. The van der Waals surface area contributed by atoms with Gasteiger partial charge in [0.05, 0.1) is 6.10 Å². The molecule has 0 saturated heterocycles. The highest BCUT2D eigenvalue weighted by atomic mass is 16.3. The number of allylic oxidation sites excluding steroid dienone is 1. The Kier molecular flexibility index (Phi) is 4.01. The lowest BCUT2D eigenvalue weighted by atomic mass is 9.60. The summed E-state index contributed by atoms with van der Waals surface area (Å²) < 4.78 is 0. The molecule has 3 aliphatic rings. The van der Waals surface area contributed by atoms with Gasteiger partial charge in [0.2, 0.25) is 0 Å². The van der Waals surface area contributed by atoms with Crippen molar-refractivity contribution in [3.63, 3.8) is 0 Å². The van der Waals surface area contributed by atoms with E-state index in [4.69, 9.17) is 0 Å². The van der Waals surface area contributed by atoms with Crippen molar-refractivity contribution in [2.75, 3.05) is 0 Å². The number of aliphatic hydroxyl groups is 1. The summed E-state index contributed by atoms with van der Waals surface area (Å²) >= 11 is 0. The van der Waals surface area contributed by atoms with E-state index in [0.717, 1.165) is 17.8 Å². The maximum Gasteiger partial charge on any atom is 0.0749 e. The van der Waals surface area contributed by atoms with Crippen LogP contribution in [-0.4, -0.2) is 11.2 Å². The molecule has 0 radical (unpaired) electrons. The molecule has 3 aliphatic carbocycles. The lowest BCUT2D eigenvalue weighted by Crippen LogP contribution is -2.38. The van der Waals surface area contributed by atoms with Gasteiger partial charge in [0.1, 0.15) is 0 Å². The summed E-state index contributed by atoms with van der Waals surface area (Å²) in [5.41, 5.74) is 0.561. The first-order chi connectivity index (χ1) is 9.52. The minimum absolute atomic E-state index is 0.173. The summed E-state index contributed by atoms with van der Waals surface area (Å²) in [5.74, 6) is 3.90. The fourth-order valence-electron chi connectivity index (χ4n) is 5.49. The van der Waals surface area contributed by atoms with Crippen LogP contribution in [0.4, 0.5) is 0 Å². The van der Waals surface area contributed by atoms with E-state index in [-0.39, 0.29) is 6.10 Å². The van der Waals surface area contributed by atoms with Crippen LogP contribution in [0.1, 0.15) is 65.7 Å². The number of aliphatic hydroxyl groups excluding tert-OH is 1. The second-order valence-electron chi connectivity index (χ2n) is 8.24. The van der Waals surface area contributed by atoms with Crippen molar-refractivity contribution in [1.82, 2.24) is 0 Å². The van der Waals surface area contributed by atoms with Gasteiger partial charge in [0.25, 0.3) is 0 Å². The molecule has 0 aromatic carbocycles. The minimum atomic E-state index is -0.173. The van der Waals surface area contributed by atoms with Gasteiger partial charge in [-0.15, -0.1) is 0 Å². The molecular formula is C19H32O. The van der Waals surface area contributed by atoms with Gasteiger partial charge in [0, 0.05) is 0 Å². The third-order valence-electron chi connectivity index (χ3n) is 6.90. The number of hydrogen-bond donors (Lipinski definition) is 1. The zero-order valence-electron chi connectivity index (χ0n) is 13.5. The molecule has 1 unspecified atom stereocenters. The standard InChI is InChI=1S/C19H32O/c1-13-5-4-12-19(3)16(13)9-10-17(19)14(2)6-11-18(20)15-7-8-15/h6,11,13-18,20H,4-5,7-10,12H2,1-3H3/b11-6+/t13?,14-,16+,17+,18-,19+/m1/s1. The van der Waals surface area contributed by atoms with Crippen molar-refractivity contribution in [3.8, 4) is 0 Å². The molecule has 0 amide bonds. The molecule has 114 valence electrons. The number of hydrogen-bond acceptors (Lipinski definition) is 1. The van der Waals surface area contributed by atoms with Crippen molar-refractivity contribution < 1.29 is 5.11 Å². The Hall–Kier alpha value is -0.300. The van der Waals surface area contributed by atoms with Crippen molar-refractivity contribution >= 4 is 0 Å². The van der Waals surface area contributed by atoms with Crippen molar-refractivity contribution in [2.24, 2.45) is 35.0 Å². The predicted molar refractivity (Wildman–Crippen MR) is 84.4 cm³/mol. The summed E-state index contributed by atoms with van der Waals surface area (Å²) in [4.78, 5) is 0. The molecule has 6 atom stereocenters.